The Balaban J connectivity index is 1.81. The summed E-state index contributed by atoms with van der Waals surface area (Å²) in [6, 6.07) is 5.72. The molecule has 0 saturated heterocycles. The van der Waals surface area contributed by atoms with Gasteiger partial charge >= 0.3 is 0 Å². The molecule has 2 heterocycles. The maximum absolute atomic E-state index is 11.7. The van der Waals surface area contributed by atoms with Crippen LogP contribution in [0.4, 0.5) is 0 Å². The summed E-state index contributed by atoms with van der Waals surface area (Å²) in [5, 5.41) is 14.0. The number of rotatable bonds is 7. The van der Waals surface area contributed by atoms with Crippen LogP contribution in [-0.4, -0.2) is 24.2 Å². The Morgan fingerprint density at radius 2 is 2.32 bits per heavy atom. The van der Waals surface area contributed by atoms with Crippen LogP contribution in [0.2, 0.25) is 0 Å². The number of nitrogens with one attached hydrogen (secondary N) is 1. The third-order valence-corrected chi connectivity index (χ3v) is 4.02. The van der Waals surface area contributed by atoms with Gasteiger partial charge in [-0.15, -0.1) is 11.3 Å². The highest BCUT2D eigenvalue weighted by atomic mass is 32.1. The van der Waals surface area contributed by atoms with Gasteiger partial charge in [-0.2, -0.15) is 0 Å². The van der Waals surface area contributed by atoms with E-state index >= 15 is 0 Å². The maximum atomic E-state index is 11.7. The zero-order valence-corrected chi connectivity index (χ0v) is 11.4. The zero-order chi connectivity index (χ0) is 13.5. The Bertz CT molecular complexity index is 479. The summed E-state index contributed by atoms with van der Waals surface area (Å²) >= 11 is 1.69. The van der Waals surface area contributed by atoms with E-state index in [0.29, 0.717) is 18.0 Å². The first-order chi connectivity index (χ1) is 9.31. The number of amides is 1. The second kappa shape index (κ2) is 7.11. The van der Waals surface area contributed by atoms with Crippen molar-refractivity contribution in [3.8, 4) is 0 Å². The normalized spacial score (nSPS) is 12.3. The molecule has 0 aliphatic carbocycles. The fourth-order valence-electron chi connectivity index (χ4n) is 1.96. The quantitative estimate of drug-likeness (QED) is 0.819. The smallest absolute Gasteiger partial charge is 0.254 e. The second-order valence-corrected chi connectivity index (χ2v) is 5.26. The predicted octanol–water partition coefficient (Wildman–Crippen LogP) is 2.63. The number of carbonyl (C=O) groups excluding carboxylic acids is 1. The Morgan fingerprint density at radius 3 is 2.95 bits per heavy atom. The number of aliphatic hydroxyl groups excluding tert-OH is 1. The van der Waals surface area contributed by atoms with Crippen LogP contribution in [0.15, 0.2) is 40.5 Å². The SMILES string of the molecule is O=C(NCC[C@H](CCO)c1cccs1)c1ccoc1. The first-order valence-electron chi connectivity index (χ1n) is 6.26. The number of thiophene rings is 1. The van der Waals surface area contributed by atoms with Crippen molar-refractivity contribution in [1.82, 2.24) is 5.32 Å². The average Bonchev–Trinajstić information content (AvgIpc) is 3.10. The van der Waals surface area contributed by atoms with Crippen molar-refractivity contribution < 1.29 is 14.3 Å². The van der Waals surface area contributed by atoms with Crippen molar-refractivity contribution in [3.05, 3.63) is 46.5 Å². The van der Waals surface area contributed by atoms with Gasteiger partial charge in [-0.05, 0) is 36.3 Å². The lowest BCUT2D eigenvalue weighted by molar-refractivity contribution is 0.0951. The lowest BCUT2D eigenvalue weighted by atomic mass is 10.00. The van der Waals surface area contributed by atoms with Gasteiger partial charge < -0.3 is 14.8 Å². The number of aliphatic hydroxyl groups is 1. The Labute approximate surface area is 116 Å². The van der Waals surface area contributed by atoms with E-state index in [-0.39, 0.29) is 12.5 Å². The number of hydrogen-bond acceptors (Lipinski definition) is 4. The molecule has 0 aliphatic heterocycles. The summed E-state index contributed by atoms with van der Waals surface area (Å²) in [6.07, 6.45) is 4.46. The van der Waals surface area contributed by atoms with E-state index in [1.54, 1.807) is 17.4 Å². The molecule has 2 rings (SSSR count). The Hall–Kier alpha value is -1.59. The van der Waals surface area contributed by atoms with Gasteiger partial charge in [0.1, 0.15) is 6.26 Å². The Kier molecular flexibility index (Phi) is 5.18. The molecule has 0 spiro atoms. The summed E-state index contributed by atoms with van der Waals surface area (Å²) < 4.78 is 4.87. The van der Waals surface area contributed by atoms with Crippen molar-refractivity contribution in [2.24, 2.45) is 0 Å². The lowest BCUT2D eigenvalue weighted by Crippen LogP contribution is -2.25. The van der Waals surface area contributed by atoms with Crippen LogP contribution in [0.5, 0.6) is 0 Å². The van der Waals surface area contributed by atoms with Gasteiger partial charge in [-0.25, -0.2) is 0 Å². The van der Waals surface area contributed by atoms with E-state index in [9.17, 15) is 4.79 Å². The summed E-state index contributed by atoms with van der Waals surface area (Å²) in [6.45, 7) is 0.755. The third-order valence-electron chi connectivity index (χ3n) is 2.98. The molecular weight excluding hydrogens is 262 g/mol. The van der Waals surface area contributed by atoms with E-state index in [1.165, 1.54) is 17.4 Å². The summed E-state index contributed by atoms with van der Waals surface area (Å²) in [4.78, 5) is 13.0. The van der Waals surface area contributed by atoms with E-state index in [0.717, 1.165) is 12.8 Å². The highest BCUT2D eigenvalue weighted by molar-refractivity contribution is 7.10. The molecule has 1 atom stereocenters. The van der Waals surface area contributed by atoms with Crippen molar-refractivity contribution in [2.75, 3.05) is 13.2 Å². The molecule has 2 aromatic rings. The minimum atomic E-state index is -0.123. The minimum Gasteiger partial charge on any atom is -0.472 e. The molecule has 2 N–H and O–H groups in total. The fourth-order valence-corrected chi connectivity index (χ4v) is 2.86. The molecule has 0 saturated carbocycles. The summed E-state index contributed by atoms with van der Waals surface area (Å²) in [5.74, 6) is 0.178. The first-order valence-corrected chi connectivity index (χ1v) is 7.14. The third kappa shape index (κ3) is 3.94. The van der Waals surface area contributed by atoms with Crippen LogP contribution in [0.3, 0.4) is 0 Å². The first kappa shape index (κ1) is 13.8. The molecule has 0 aliphatic rings. The molecule has 1 amide bonds. The number of carbonyl (C=O) groups is 1. The average molecular weight is 279 g/mol. The summed E-state index contributed by atoms with van der Waals surface area (Å²) in [7, 11) is 0. The molecular formula is C14H17NO3S. The predicted molar refractivity (Wildman–Crippen MR) is 74.4 cm³/mol. The maximum Gasteiger partial charge on any atom is 0.254 e. The zero-order valence-electron chi connectivity index (χ0n) is 10.5. The molecule has 4 nitrogen and oxygen atoms in total. The second-order valence-electron chi connectivity index (χ2n) is 4.28. The monoisotopic (exact) mass is 279 g/mol. The van der Waals surface area contributed by atoms with Crippen molar-refractivity contribution in [1.29, 1.82) is 0 Å². The van der Waals surface area contributed by atoms with E-state index in [4.69, 9.17) is 9.52 Å². The molecule has 0 aromatic carbocycles. The highest BCUT2D eigenvalue weighted by Crippen LogP contribution is 2.26. The van der Waals surface area contributed by atoms with Crippen LogP contribution in [-0.2, 0) is 0 Å². The van der Waals surface area contributed by atoms with E-state index in [2.05, 4.69) is 11.4 Å². The van der Waals surface area contributed by atoms with Crippen LogP contribution in [0.25, 0.3) is 0 Å². The van der Waals surface area contributed by atoms with Crippen molar-refractivity contribution in [3.63, 3.8) is 0 Å². The molecule has 0 fully saturated rings. The van der Waals surface area contributed by atoms with Gasteiger partial charge in [0.25, 0.3) is 5.91 Å². The molecule has 5 heteroatoms. The number of hydrogen-bond donors (Lipinski definition) is 2. The largest absolute Gasteiger partial charge is 0.472 e. The van der Waals surface area contributed by atoms with Gasteiger partial charge in [-0.1, -0.05) is 6.07 Å². The standard InChI is InChI=1S/C14H17NO3S/c16-7-4-11(13-2-1-9-19-13)3-6-15-14(17)12-5-8-18-10-12/h1-2,5,8-11,16H,3-4,6-7H2,(H,15,17)/t11-/m1/s1. The van der Waals surface area contributed by atoms with Gasteiger partial charge in [0.2, 0.25) is 0 Å². The molecule has 0 radical (unpaired) electrons. The van der Waals surface area contributed by atoms with Crippen LogP contribution in [0.1, 0.15) is 34.0 Å². The lowest BCUT2D eigenvalue weighted by Gasteiger charge is -2.14. The molecule has 19 heavy (non-hydrogen) atoms. The van der Waals surface area contributed by atoms with E-state index < -0.39 is 0 Å². The molecule has 102 valence electrons. The van der Waals surface area contributed by atoms with Gasteiger partial charge in [0.15, 0.2) is 0 Å². The topological polar surface area (TPSA) is 62.5 Å². The van der Waals surface area contributed by atoms with Gasteiger partial charge in [0.05, 0.1) is 11.8 Å². The van der Waals surface area contributed by atoms with Crippen LogP contribution >= 0.6 is 11.3 Å². The van der Waals surface area contributed by atoms with Gasteiger partial charge in [0, 0.05) is 18.0 Å². The molecule has 0 unspecified atom stereocenters. The van der Waals surface area contributed by atoms with Crippen molar-refractivity contribution >= 4 is 17.2 Å². The fraction of sp³-hybridized carbons (Fsp3) is 0.357. The molecule has 2 aromatic heterocycles. The van der Waals surface area contributed by atoms with Crippen LogP contribution < -0.4 is 5.32 Å². The van der Waals surface area contributed by atoms with Crippen molar-refractivity contribution in [2.45, 2.75) is 18.8 Å². The number of furan rings is 1. The highest BCUT2D eigenvalue weighted by Gasteiger charge is 2.13. The van der Waals surface area contributed by atoms with Gasteiger partial charge in [-0.3, -0.25) is 4.79 Å². The van der Waals surface area contributed by atoms with E-state index in [1.807, 2.05) is 11.4 Å². The van der Waals surface area contributed by atoms with Crippen LogP contribution in [0, 0.1) is 0 Å². The molecule has 0 bridgehead atoms. The Morgan fingerprint density at radius 1 is 1.42 bits per heavy atom. The summed E-state index contributed by atoms with van der Waals surface area (Å²) in [5.41, 5.74) is 0.537. The minimum absolute atomic E-state index is 0.123.